The van der Waals surface area contributed by atoms with E-state index in [0.29, 0.717) is 11.3 Å². The van der Waals surface area contributed by atoms with Crippen molar-refractivity contribution in [3.63, 3.8) is 0 Å². The minimum absolute atomic E-state index is 0.238. The minimum atomic E-state index is -0.238. The lowest BCUT2D eigenvalue weighted by atomic mass is 10.0. The largest absolute Gasteiger partial charge is 0.397 e. The molecule has 0 aliphatic carbocycles. The molecule has 0 aliphatic heterocycles. The van der Waals surface area contributed by atoms with Gasteiger partial charge in [0.1, 0.15) is 5.82 Å². The molecule has 0 aliphatic rings. The van der Waals surface area contributed by atoms with Gasteiger partial charge in [-0.2, -0.15) is 0 Å². The Labute approximate surface area is 104 Å². The first-order chi connectivity index (χ1) is 8.22. The molecule has 0 amide bonds. The van der Waals surface area contributed by atoms with Crippen LogP contribution >= 0.6 is 11.9 Å². The van der Waals surface area contributed by atoms with E-state index >= 15 is 0 Å². The Morgan fingerprint density at radius 2 is 1.94 bits per heavy atom. The minimum Gasteiger partial charge on any atom is -0.397 e. The molecule has 88 valence electrons. The van der Waals surface area contributed by atoms with Crippen molar-refractivity contribution in [1.29, 1.82) is 0 Å². The van der Waals surface area contributed by atoms with Gasteiger partial charge in [-0.25, -0.2) is 4.39 Å². The van der Waals surface area contributed by atoms with Crippen molar-refractivity contribution < 1.29 is 4.39 Å². The standard InChI is InChI=1S/C13H13FN2S/c1-17-16-13-7-6-9(8-12(13)15)10-4-2-3-5-11(10)14/h2-8,16H,15H2,1H3. The van der Waals surface area contributed by atoms with E-state index in [0.717, 1.165) is 11.3 Å². The van der Waals surface area contributed by atoms with Gasteiger partial charge in [0.2, 0.25) is 0 Å². The van der Waals surface area contributed by atoms with E-state index in [-0.39, 0.29) is 5.82 Å². The zero-order valence-corrected chi connectivity index (χ0v) is 10.2. The summed E-state index contributed by atoms with van der Waals surface area (Å²) in [5.74, 6) is -0.238. The Kier molecular flexibility index (Phi) is 3.54. The quantitative estimate of drug-likeness (QED) is 0.641. The molecule has 0 unspecified atom stereocenters. The fourth-order valence-electron chi connectivity index (χ4n) is 1.63. The number of halogens is 1. The van der Waals surface area contributed by atoms with Crippen molar-refractivity contribution in [3.05, 3.63) is 48.3 Å². The number of nitrogens with one attached hydrogen (secondary N) is 1. The van der Waals surface area contributed by atoms with Crippen molar-refractivity contribution in [1.82, 2.24) is 0 Å². The van der Waals surface area contributed by atoms with E-state index in [1.54, 1.807) is 18.2 Å². The Morgan fingerprint density at radius 1 is 1.18 bits per heavy atom. The summed E-state index contributed by atoms with van der Waals surface area (Å²) in [4.78, 5) is 0. The van der Waals surface area contributed by atoms with Crippen molar-refractivity contribution in [2.75, 3.05) is 16.7 Å². The maximum atomic E-state index is 13.6. The van der Waals surface area contributed by atoms with Crippen LogP contribution in [0.4, 0.5) is 15.8 Å². The summed E-state index contributed by atoms with van der Waals surface area (Å²) in [6.45, 7) is 0. The number of benzene rings is 2. The third kappa shape index (κ3) is 2.53. The van der Waals surface area contributed by atoms with Gasteiger partial charge in [0.15, 0.2) is 0 Å². The second kappa shape index (κ2) is 5.10. The van der Waals surface area contributed by atoms with E-state index in [9.17, 15) is 4.39 Å². The first kappa shape index (κ1) is 11.8. The topological polar surface area (TPSA) is 38.0 Å². The molecule has 0 saturated carbocycles. The monoisotopic (exact) mass is 248 g/mol. The van der Waals surface area contributed by atoms with Crippen molar-refractivity contribution in [2.45, 2.75) is 0 Å². The molecule has 4 heteroatoms. The lowest BCUT2D eigenvalue weighted by molar-refractivity contribution is 0.631. The molecule has 0 bridgehead atoms. The van der Waals surface area contributed by atoms with Gasteiger partial charge in [-0.05, 0) is 23.8 Å². The summed E-state index contributed by atoms with van der Waals surface area (Å²) in [5, 5.41) is 0. The molecule has 0 aromatic heterocycles. The summed E-state index contributed by atoms with van der Waals surface area (Å²) in [5.41, 5.74) is 8.70. The normalized spacial score (nSPS) is 10.2. The van der Waals surface area contributed by atoms with Crippen LogP contribution < -0.4 is 10.5 Å². The Hall–Kier alpha value is -1.68. The Balaban J connectivity index is 2.41. The molecule has 0 fully saturated rings. The molecule has 17 heavy (non-hydrogen) atoms. The molecular formula is C13H13FN2S. The maximum Gasteiger partial charge on any atom is 0.131 e. The van der Waals surface area contributed by atoms with Crippen LogP contribution in [0.5, 0.6) is 0 Å². The van der Waals surface area contributed by atoms with Crippen LogP contribution in [0.15, 0.2) is 42.5 Å². The average Bonchev–Trinajstić information content (AvgIpc) is 2.33. The van der Waals surface area contributed by atoms with Crippen LogP contribution in [0, 0.1) is 5.82 Å². The summed E-state index contributed by atoms with van der Waals surface area (Å²) < 4.78 is 16.7. The summed E-state index contributed by atoms with van der Waals surface area (Å²) >= 11 is 1.47. The molecule has 3 N–H and O–H groups in total. The molecule has 0 saturated heterocycles. The molecule has 2 aromatic carbocycles. The third-order valence-corrected chi connectivity index (χ3v) is 2.87. The molecule has 0 atom stereocenters. The Morgan fingerprint density at radius 3 is 2.59 bits per heavy atom. The summed E-state index contributed by atoms with van der Waals surface area (Å²) in [6, 6.07) is 12.2. The van der Waals surface area contributed by atoms with Crippen LogP contribution in [-0.2, 0) is 0 Å². The highest BCUT2D eigenvalue weighted by Gasteiger charge is 2.06. The van der Waals surface area contributed by atoms with Crippen LogP contribution in [0.3, 0.4) is 0 Å². The van der Waals surface area contributed by atoms with Gasteiger partial charge in [0.05, 0.1) is 11.4 Å². The highest BCUT2D eigenvalue weighted by Crippen LogP contribution is 2.29. The van der Waals surface area contributed by atoms with E-state index < -0.39 is 0 Å². The zero-order chi connectivity index (χ0) is 12.3. The molecule has 0 radical (unpaired) electrons. The average molecular weight is 248 g/mol. The highest BCUT2D eigenvalue weighted by atomic mass is 32.2. The number of hydrogen-bond donors (Lipinski definition) is 2. The van der Waals surface area contributed by atoms with Crippen LogP contribution in [-0.4, -0.2) is 6.26 Å². The predicted molar refractivity (Wildman–Crippen MR) is 73.4 cm³/mol. The smallest absolute Gasteiger partial charge is 0.131 e. The zero-order valence-electron chi connectivity index (χ0n) is 9.41. The van der Waals surface area contributed by atoms with Gasteiger partial charge in [-0.1, -0.05) is 36.2 Å². The van der Waals surface area contributed by atoms with E-state index in [2.05, 4.69) is 4.72 Å². The molecule has 2 aromatic rings. The first-order valence-electron chi connectivity index (χ1n) is 5.16. The predicted octanol–water partition coefficient (Wildman–Crippen LogP) is 3.76. The van der Waals surface area contributed by atoms with E-state index in [1.165, 1.54) is 18.0 Å². The van der Waals surface area contributed by atoms with Gasteiger partial charge in [-0.15, -0.1) is 0 Å². The fourth-order valence-corrected chi connectivity index (χ4v) is 2.03. The lowest BCUT2D eigenvalue weighted by Crippen LogP contribution is -1.94. The van der Waals surface area contributed by atoms with Crippen LogP contribution in [0.2, 0.25) is 0 Å². The van der Waals surface area contributed by atoms with Gasteiger partial charge in [0, 0.05) is 11.8 Å². The summed E-state index contributed by atoms with van der Waals surface area (Å²) in [7, 11) is 0. The number of anilines is 2. The van der Waals surface area contributed by atoms with Crippen LogP contribution in [0.25, 0.3) is 11.1 Å². The second-order valence-corrected chi connectivity index (χ2v) is 4.20. The van der Waals surface area contributed by atoms with Crippen molar-refractivity contribution >= 4 is 23.3 Å². The SMILES string of the molecule is CSNc1ccc(-c2ccccc2F)cc1N. The third-order valence-electron chi connectivity index (χ3n) is 2.45. The van der Waals surface area contributed by atoms with Gasteiger partial charge in [-0.3, -0.25) is 0 Å². The lowest BCUT2D eigenvalue weighted by Gasteiger charge is -2.09. The van der Waals surface area contributed by atoms with Gasteiger partial charge < -0.3 is 10.5 Å². The van der Waals surface area contributed by atoms with Gasteiger partial charge >= 0.3 is 0 Å². The number of nitrogens with two attached hydrogens (primary N) is 1. The van der Waals surface area contributed by atoms with Crippen molar-refractivity contribution in [3.8, 4) is 11.1 Å². The van der Waals surface area contributed by atoms with E-state index in [1.807, 2.05) is 24.5 Å². The molecule has 2 rings (SSSR count). The van der Waals surface area contributed by atoms with Crippen LogP contribution in [0.1, 0.15) is 0 Å². The molecule has 0 spiro atoms. The summed E-state index contributed by atoms with van der Waals surface area (Å²) in [6.07, 6.45) is 1.92. The Bertz CT molecular complexity index is 529. The maximum absolute atomic E-state index is 13.6. The number of nitrogen functional groups attached to an aromatic ring is 1. The first-order valence-corrected chi connectivity index (χ1v) is 6.38. The fraction of sp³-hybridized carbons (Fsp3) is 0.0769. The van der Waals surface area contributed by atoms with Crippen molar-refractivity contribution in [2.24, 2.45) is 0 Å². The van der Waals surface area contributed by atoms with E-state index in [4.69, 9.17) is 5.73 Å². The number of rotatable bonds is 3. The molecule has 2 nitrogen and oxygen atoms in total. The highest BCUT2D eigenvalue weighted by molar-refractivity contribution is 7.99. The molecule has 0 heterocycles. The van der Waals surface area contributed by atoms with Gasteiger partial charge in [0.25, 0.3) is 0 Å². The second-order valence-electron chi connectivity index (χ2n) is 3.59. The number of hydrogen-bond acceptors (Lipinski definition) is 3. The molecular weight excluding hydrogens is 235 g/mol.